The van der Waals surface area contributed by atoms with Gasteiger partial charge in [-0.15, -0.1) is 0 Å². The third-order valence-corrected chi connectivity index (χ3v) is 11.8. The summed E-state index contributed by atoms with van der Waals surface area (Å²) < 4.78 is 5.80. The van der Waals surface area contributed by atoms with Crippen LogP contribution in [0.3, 0.4) is 0 Å². The molecule has 0 aromatic heterocycles. The minimum Gasteiger partial charge on any atom is -0.458 e. The number of non-ortho nitro benzene ring substituents is 2. The number of hydrogen-bond acceptors (Lipinski definition) is 6. The number of allylic oxidation sites excluding steroid dienone is 5. The largest absolute Gasteiger partial charge is 0.458 e. The predicted octanol–water partition coefficient (Wildman–Crippen LogP) is 9.01. The monoisotopic (exact) mass is 590 g/mol. The van der Waals surface area contributed by atoms with Crippen molar-refractivity contribution in [2.75, 3.05) is 0 Å². The molecule has 1 aromatic carbocycles. The quantitative estimate of drug-likeness (QED) is 0.129. The molecule has 0 unspecified atom stereocenters. The molecule has 8 atom stereocenters. The molecule has 0 aliphatic heterocycles. The summed E-state index contributed by atoms with van der Waals surface area (Å²) in [6, 6.07) is 2.95. The lowest BCUT2D eigenvalue weighted by atomic mass is 9.50. The van der Waals surface area contributed by atoms with E-state index >= 15 is 0 Å². The minimum atomic E-state index is -0.760. The first-order valence-electron chi connectivity index (χ1n) is 16.0. The third kappa shape index (κ3) is 5.69. The Kier molecular flexibility index (Phi) is 8.45. The van der Waals surface area contributed by atoms with Crippen LogP contribution in [0.25, 0.3) is 0 Å². The van der Waals surface area contributed by atoms with E-state index in [0.29, 0.717) is 53.8 Å². The Morgan fingerprint density at radius 3 is 2.21 bits per heavy atom. The Morgan fingerprint density at radius 2 is 1.58 bits per heavy atom. The molecular formula is C35H46N2O6. The second kappa shape index (κ2) is 11.7. The van der Waals surface area contributed by atoms with Gasteiger partial charge in [-0.25, -0.2) is 4.79 Å². The van der Waals surface area contributed by atoms with E-state index in [1.54, 1.807) is 5.57 Å². The Hall–Kier alpha value is -3.29. The lowest BCUT2D eigenvalue weighted by Crippen LogP contribution is -2.46. The van der Waals surface area contributed by atoms with Gasteiger partial charge < -0.3 is 4.74 Å². The Balaban J connectivity index is 1.31. The van der Waals surface area contributed by atoms with Crippen LogP contribution in [-0.2, 0) is 4.74 Å². The number of rotatable bonds is 8. The van der Waals surface area contributed by atoms with Gasteiger partial charge in [-0.3, -0.25) is 20.2 Å². The molecule has 3 saturated carbocycles. The third-order valence-electron chi connectivity index (χ3n) is 11.8. The summed E-state index contributed by atoms with van der Waals surface area (Å²) in [5.74, 6) is 2.83. The van der Waals surface area contributed by atoms with Crippen molar-refractivity contribution in [3.05, 3.63) is 79.4 Å². The van der Waals surface area contributed by atoms with Crippen LogP contribution in [0.4, 0.5) is 11.4 Å². The number of carbonyl (C=O) groups excluding carboxylic acids is 1. The van der Waals surface area contributed by atoms with Gasteiger partial charge in [0.25, 0.3) is 11.4 Å². The Labute approximate surface area is 255 Å². The van der Waals surface area contributed by atoms with Crippen molar-refractivity contribution < 1.29 is 19.4 Å². The Bertz CT molecular complexity index is 1360. The lowest BCUT2D eigenvalue weighted by molar-refractivity contribution is -0.394. The van der Waals surface area contributed by atoms with Crippen LogP contribution in [0.5, 0.6) is 0 Å². The second-order valence-corrected chi connectivity index (χ2v) is 14.5. The fourth-order valence-electron chi connectivity index (χ4n) is 8.82. The molecular weight excluding hydrogens is 544 g/mol. The molecule has 232 valence electrons. The van der Waals surface area contributed by atoms with E-state index in [0.717, 1.165) is 24.6 Å². The van der Waals surface area contributed by atoms with E-state index in [-0.39, 0.29) is 17.1 Å². The van der Waals surface area contributed by atoms with Gasteiger partial charge in [0.2, 0.25) is 0 Å². The molecule has 0 N–H and O–H groups in total. The number of nitro groups is 2. The van der Waals surface area contributed by atoms with Gasteiger partial charge in [-0.1, -0.05) is 77.0 Å². The predicted molar refractivity (Wildman–Crippen MR) is 166 cm³/mol. The molecule has 5 rings (SSSR count). The maximum absolute atomic E-state index is 13.0. The molecule has 0 saturated heterocycles. The van der Waals surface area contributed by atoms with E-state index in [1.165, 1.54) is 31.3 Å². The molecule has 8 nitrogen and oxygen atoms in total. The van der Waals surface area contributed by atoms with Gasteiger partial charge in [0.05, 0.1) is 21.5 Å². The summed E-state index contributed by atoms with van der Waals surface area (Å²) in [6.45, 7) is 14.2. The van der Waals surface area contributed by atoms with Gasteiger partial charge in [-0.2, -0.15) is 0 Å². The van der Waals surface area contributed by atoms with Crippen molar-refractivity contribution in [3.63, 3.8) is 0 Å². The molecule has 4 aliphatic carbocycles. The average molecular weight is 591 g/mol. The highest BCUT2D eigenvalue weighted by atomic mass is 16.6. The second-order valence-electron chi connectivity index (χ2n) is 14.5. The van der Waals surface area contributed by atoms with Gasteiger partial charge in [0, 0.05) is 18.6 Å². The molecule has 0 radical (unpaired) electrons. The normalized spacial score (nSPS) is 33.1. The molecule has 3 fully saturated rings. The smallest absolute Gasteiger partial charge is 0.338 e. The van der Waals surface area contributed by atoms with Crippen molar-refractivity contribution >= 4 is 17.3 Å². The van der Waals surface area contributed by atoms with Crippen LogP contribution < -0.4 is 0 Å². The van der Waals surface area contributed by atoms with Crippen LogP contribution in [0.2, 0.25) is 0 Å². The summed E-state index contributed by atoms with van der Waals surface area (Å²) in [4.78, 5) is 34.1. The number of esters is 1. The number of benzene rings is 1. The zero-order valence-electron chi connectivity index (χ0n) is 26.4. The number of ether oxygens (including phenoxy) is 1. The van der Waals surface area contributed by atoms with Crippen LogP contribution in [0, 0.1) is 66.6 Å². The van der Waals surface area contributed by atoms with Crippen molar-refractivity contribution in [2.45, 2.75) is 92.6 Å². The molecule has 0 amide bonds. The van der Waals surface area contributed by atoms with Crippen LogP contribution in [0.1, 0.15) is 96.8 Å². The van der Waals surface area contributed by atoms with E-state index in [9.17, 15) is 25.0 Å². The number of hydrogen-bond donors (Lipinski definition) is 0. The first kappa shape index (κ1) is 31.1. The molecule has 8 heteroatoms. The number of nitro benzene ring substituents is 2. The summed E-state index contributed by atoms with van der Waals surface area (Å²) in [6.07, 6.45) is 16.3. The fraction of sp³-hybridized carbons (Fsp3) is 0.629. The lowest BCUT2D eigenvalue weighted by Gasteiger charge is -2.55. The topological polar surface area (TPSA) is 113 Å². The van der Waals surface area contributed by atoms with Crippen molar-refractivity contribution in [3.8, 4) is 0 Å². The molecule has 4 aliphatic rings. The highest BCUT2D eigenvalue weighted by Gasteiger charge is 2.57. The zero-order valence-corrected chi connectivity index (χ0v) is 26.4. The SMILES string of the molecule is CC(C)[C@@H](C)C=C[C@@H](C)[C@H]1CC[C@H]2C3=CC=C4C[C@@H](OC(=O)c5cc([N+](=O)[O-])cc([N+](=O)[O-])c5)CC[C@@]4(C)[C@H]3CC[C@]12C. The maximum Gasteiger partial charge on any atom is 0.338 e. The summed E-state index contributed by atoms with van der Waals surface area (Å²) >= 11 is 0. The van der Waals surface area contributed by atoms with Gasteiger partial charge in [0.1, 0.15) is 6.10 Å². The molecule has 0 spiro atoms. The fourth-order valence-corrected chi connectivity index (χ4v) is 8.82. The molecule has 43 heavy (non-hydrogen) atoms. The van der Waals surface area contributed by atoms with Crippen LogP contribution in [0.15, 0.2) is 53.6 Å². The average Bonchev–Trinajstić information content (AvgIpc) is 3.32. The number of nitrogens with zero attached hydrogens (tertiary/aromatic N) is 2. The molecule has 1 aromatic rings. The summed E-state index contributed by atoms with van der Waals surface area (Å²) in [7, 11) is 0. The van der Waals surface area contributed by atoms with Crippen molar-refractivity contribution in [1.82, 2.24) is 0 Å². The summed E-state index contributed by atoms with van der Waals surface area (Å²) in [5, 5.41) is 22.6. The van der Waals surface area contributed by atoms with Crippen LogP contribution >= 0.6 is 0 Å². The van der Waals surface area contributed by atoms with Crippen molar-refractivity contribution in [1.29, 1.82) is 0 Å². The first-order chi connectivity index (χ1) is 20.2. The summed E-state index contributed by atoms with van der Waals surface area (Å²) in [5.41, 5.74) is 2.08. The number of fused-ring (bicyclic) bond motifs is 5. The van der Waals surface area contributed by atoms with E-state index in [4.69, 9.17) is 4.74 Å². The number of carbonyl (C=O) groups is 1. The van der Waals surface area contributed by atoms with Gasteiger partial charge in [-0.05, 0) is 84.9 Å². The molecule has 0 heterocycles. The van der Waals surface area contributed by atoms with E-state index < -0.39 is 27.2 Å². The maximum atomic E-state index is 13.0. The highest BCUT2D eigenvalue weighted by Crippen LogP contribution is 2.66. The standard InChI is InChI=1S/C35H46N2O6/c1-21(2)22(3)7-8-23(4)30-11-12-31-29-10-9-25-19-28(13-15-34(25,5)32(29)14-16-35(30,31)6)43-33(38)24-17-26(36(39)40)20-27(18-24)37(41)42/h7-10,17-18,20-23,28,30-32H,11-16,19H2,1-6H3/t22-,23+,28-,30+,31-,32-,34+,35+/m0/s1. The van der Waals surface area contributed by atoms with E-state index in [2.05, 4.69) is 65.8 Å². The van der Waals surface area contributed by atoms with E-state index in [1.807, 2.05) is 0 Å². The van der Waals surface area contributed by atoms with Gasteiger partial charge in [0.15, 0.2) is 0 Å². The Morgan fingerprint density at radius 1 is 0.907 bits per heavy atom. The highest BCUT2D eigenvalue weighted by molar-refractivity contribution is 5.91. The van der Waals surface area contributed by atoms with Crippen LogP contribution in [-0.4, -0.2) is 21.9 Å². The first-order valence-corrected chi connectivity index (χ1v) is 16.0. The zero-order chi connectivity index (χ0) is 31.3. The van der Waals surface area contributed by atoms with Crippen molar-refractivity contribution in [2.24, 2.45) is 46.3 Å². The van der Waals surface area contributed by atoms with Gasteiger partial charge >= 0.3 is 5.97 Å². The molecule has 0 bridgehead atoms. The minimum absolute atomic E-state index is 0.0228.